The number of hydroxylamine groups is 1. The van der Waals surface area contributed by atoms with E-state index in [1.165, 1.54) is 26.4 Å². The van der Waals surface area contributed by atoms with Crippen molar-refractivity contribution in [3.8, 4) is 11.6 Å². The van der Waals surface area contributed by atoms with Crippen molar-refractivity contribution in [2.75, 3.05) is 38.8 Å². The average molecular weight is 508 g/mol. The van der Waals surface area contributed by atoms with Crippen LogP contribution in [0.3, 0.4) is 0 Å². The van der Waals surface area contributed by atoms with Crippen LogP contribution in [0, 0.1) is 0 Å². The van der Waals surface area contributed by atoms with Crippen LogP contribution in [-0.4, -0.2) is 94.7 Å². The standard InChI is InChI=1S/C18H20N4O10S.Na.H/c1-29-11-8-14(19-15(9-11)30-2)20-17(24)21-33(27,28)13-7-10(22(26)18(25)32-4)5-6-12(13)16(23)31-3;;/h5-9,26H,1-4H3,(H2,19,20,21,24);;. The number of nitrogens with one attached hydrogen (secondary N) is 2. The number of anilines is 2. The summed E-state index contributed by atoms with van der Waals surface area (Å²) >= 11 is 0. The molecule has 180 valence electrons. The zero-order chi connectivity index (χ0) is 24.8. The van der Waals surface area contributed by atoms with Gasteiger partial charge in [-0.15, -0.1) is 0 Å². The summed E-state index contributed by atoms with van der Waals surface area (Å²) in [5.74, 6) is -0.803. The van der Waals surface area contributed by atoms with Crippen molar-refractivity contribution in [2.45, 2.75) is 4.90 Å². The first-order chi connectivity index (χ1) is 15.6. The second-order valence-corrected chi connectivity index (χ2v) is 7.60. The van der Waals surface area contributed by atoms with Crippen molar-refractivity contribution < 1.29 is 47.0 Å². The minimum absolute atomic E-state index is 0. The molecule has 2 aromatic rings. The van der Waals surface area contributed by atoms with Gasteiger partial charge in [0.2, 0.25) is 5.88 Å². The number of benzene rings is 1. The number of amides is 3. The molecule has 0 radical (unpaired) electrons. The van der Waals surface area contributed by atoms with E-state index >= 15 is 0 Å². The SMILES string of the molecule is COC(=O)c1ccc(N(O)C(=O)OC)cc1S(=O)(=O)NC(=O)Nc1cc(OC)cc(OC)n1.[NaH]. The summed E-state index contributed by atoms with van der Waals surface area (Å²) in [5, 5.41) is 12.1. The van der Waals surface area contributed by atoms with Gasteiger partial charge >= 0.3 is 47.7 Å². The number of ether oxygens (including phenoxy) is 4. The fourth-order valence-corrected chi connectivity index (χ4v) is 3.54. The Balaban J connectivity index is 0.00000578. The van der Waals surface area contributed by atoms with E-state index in [0.717, 1.165) is 32.4 Å². The summed E-state index contributed by atoms with van der Waals surface area (Å²) in [6, 6.07) is 4.30. The Kier molecular flexibility index (Phi) is 10.5. The second kappa shape index (κ2) is 12.4. The molecule has 1 aromatic heterocycles. The molecule has 14 nitrogen and oxygen atoms in total. The van der Waals surface area contributed by atoms with Crippen LogP contribution >= 0.6 is 0 Å². The molecule has 16 heteroatoms. The summed E-state index contributed by atoms with van der Waals surface area (Å²) in [6.45, 7) is 0. The summed E-state index contributed by atoms with van der Waals surface area (Å²) in [7, 11) is -0.0335. The van der Waals surface area contributed by atoms with Gasteiger partial charge in [0.05, 0.1) is 39.7 Å². The van der Waals surface area contributed by atoms with E-state index in [0.29, 0.717) is 0 Å². The summed E-state index contributed by atoms with van der Waals surface area (Å²) in [6.07, 6.45) is -1.23. The Morgan fingerprint density at radius 2 is 1.68 bits per heavy atom. The first kappa shape index (κ1) is 28.9. The molecule has 1 aromatic carbocycles. The number of urea groups is 1. The molecule has 0 fully saturated rings. The maximum absolute atomic E-state index is 12.9. The Morgan fingerprint density at radius 3 is 2.24 bits per heavy atom. The minimum atomic E-state index is -4.73. The molecule has 3 N–H and O–H groups in total. The van der Waals surface area contributed by atoms with E-state index in [-0.39, 0.29) is 57.8 Å². The molecule has 0 spiro atoms. The third-order valence-corrected chi connectivity index (χ3v) is 5.31. The van der Waals surface area contributed by atoms with Gasteiger partial charge in [0.25, 0.3) is 10.0 Å². The molecule has 0 saturated heterocycles. The zero-order valence-corrected chi connectivity index (χ0v) is 18.6. The number of hydrogen-bond donors (Lipinski definition) is 3. The van der Waals surface area contributed by atoms with Gasteiger partial charge in [0, 0.05) is 12.1 Å². The average Bonchev–Trinajstić information content (AvgIpc) is 2.81. The predicted molar refractivity (Wildman–Crippen MR) is 118 cm³/mol. The van der Waals surface area contributed by atoms with Crippen molar-refractivity contribution in [1.82, 2.24) is 9.71 Å². The van der Waals surface area contributed by atoms with Gasteiger partial charge in [0.1, 0.15) is 16.5 Å². The van der Waals surface area contributed by atoms with Crippen LogP contribution in [0.5, 0.6) is 11.6 Å². The molecule has 1 heterocycles. The predicted octanol–water partition coefficient (Wildman–Crippen LogP) is 0.709. The van der Waals surface area contributed by atoms with Crippen LogP contribution < -0.4 is 24.6 Å². The summed E-state index contributed by atoms with van der Waals surface area (Å²) in [5.41, 5.74) is -0.838. The van der Waals surface area contributed by atoms with Crippen LogP contribution in [0.1, 0.15) is 10.4 Å². The van der Waals surface area contributed by atoms with Gasteiger partial charge in [-0.1, -0.05) is 0 Å². The van der Waals surface area contributed by atoms with Crippen LogP contribution in [0.2, 0.25) is 0 Å². The number of aromatic nitrogens is 1. The Bertz CT molecular complexity index is 1150. The zero-order valence-electron chi connectivity index (χ0n) is 17.8. The normalized spacial score (nSPS) is 10.3. The Morgan fingerprint density at radius 1 is 1.00 bits per heavy atom. The molecular weight excluding hydrogens is 487 g/mol. The molecule has 0 aliphatic carbocycles. The number of rotatable bonds is 7. The van der Waals surface area contributed by atoms with E-state index in [2.05, 4.69) is 19.8 Å². The molecule has 0 aliphatic rings. The number of sulfonamides is 1. The van der Waals surface area contributed by atoms with Gasteiger partial charge in [-0.3, -0.25) is 10.5 Å². The van der Waals surface area contributed by atoms with Crippen molar-refractivity contribution in [1.29, 1.82) is 0 Å². The first-order valence-corrected chi connectivity index (χ1v) is 10.3. The first-order valence-electron chi connectivity index (χ1n) is 8.79. The number of methoxy groups -OCH3 is 4. The quantitative estimate of drug-likeness (QED) is 0.207. The maximum atomic E-state index is 12.9. The van der Waals surface area contributed by atoms with Crippen molar-refractivity contribution in [3.05, 3.63) is 35.9 Å². The van der Waals surface area contributed by atoms with Gasteiger partial charge in [0.15, 0.2) is 0 Å². The molecule has 0 bridgehead atoms. The van der Waals surface area contributed by atoms with Gasteiger partial charge in [-0.2, -0.15) is 10.0 Å². The van der Waals surface area contributed by atoms with Crippen LogP contribution in [-0.2, 0) is 19.5 Å². The molecule has 0 aliphatic heterocycles. The Labute approximate surface area is 216 Å². The second-order valence-electron chi connectivity index (χ2n) is 5.95. The molecule has 0 atom stereocenters. The molecule has 3 amide bonds. The topological polar surface area (TPSA) is 183 Å². The Hall–Kier alpha value is -3.11. The van der Waals surface area contributed by atoms with Crippen LogP contribution in [0.15, 0.2) is 35.2 Å². The molecule has 34 heavy (non-hydrogen) atoms. The van der Waals surface area contributed by atoms with E-state index in [4.69, 9.17) is 9.47 Å². The van der Waals surface area contributed by atoms with E-state index in [9.17, 15) is 28.0 Å². The van der Waals surface area contributed by atoms with Crippen molar-refractivity contribution in [2.24, 2.45) is 0 Å². The fourth-order valence-electron chi connectivity index (χ4n) is 2.42. The number of hydrogen-bond acceptors (Lipinski definition) is 11. The van der Waals surface area contributed by atoms with E-state index in [1.54, 1.807) is 4.72 Å². The molecule has 0 unspecified atom stereocenters. The fraction of sp³-hybridized carbons (Fsp3) is 0.222. The number of nitrogens with zero attached hydrogens (tertiary/aromatic N) is 2. The van der Waals surface area contributed by atoms with Gasteiger partial charge < -0.3 is 18.9 Å². The van der Waals surface area contributed by atoms with Crippen molar-refractivity contribution >= 4 is 69.2 Å². The van der Waals surface area contributed by atoms with Crippen LogP contribution in [0.25, 0.3) is 0 Å². The van der Waals surface area contributed by atoms with E-state index in [1.807, 2.05) is 0 Å². The van der Waals surface area contributed by atoms with Gasteiger partial charge in [-0.05, 0) is 18.2 Å². The molecular formula is C18H21N4NaO10S. The molecule has 0 saturated carbocycles. The van der Waals surface area contributed by atoms with E-state index < -0.39 is 38.6 Å². The number of esters is 1. The monoisotopic (exact) mass is 508 g/mol. The van der Waals surface area contributed by atoms with Crippen LogP contribution in [0.4, 0.5) is 21.1 Å². The van der Waals surface area contributed by atoms with Gasteiger partial charge in [-0.25, -0.2) is 27.5 Å². The third kappa shape index (κ3) is 6.94. The summed E-state index contributed by atoms with van der Waals surface area (Å²) < 4.78 is 46.4. The number of pyridine rings is 1. The number of carbonyl (C=O) groups is 3. The molecule has 2 rings (SSSR count). The third-order valence-electron chi connectivity index (χ3n) is 3.94. The number of carbonyl (C=O) groups excluding carboxylic acids is 3. The summed E-state index contributed by atoms with van der Waals surface area (Å²) in [4.78, 5) is 39.1. The van der Waals surface area contributed by atoms with Crippen molar-refractivity contribution in [3.63, 3.8) is 0 Å².